The number of hydrogen-bond acceptors (Lipinski definition) is 2. The summed E-state index contributed by atoms with van der Waals surface area (Å²) in [7, 11) is -2.80. The molecule has 320 valence electrons. The second kappa shape index (κ2) is 16.1. The van der Waals surface area contributed by atoms with Gasteiger partial charge in [0.1, 0.15) is 11.2 Å². The molecular weight excluding hydrogens is 839 g/mol. The largest absolute Gasteiger partial charge is 0.455 e. The van der Waals surface area contributed by atoms with E-state index in [4.69, 9.17) is 4.42 Å². The lowest BCUT2D eigenvalue weighted by Crippen LogP contribution is -2.74. The number of furan rings is 1. The lowest BCUT2D eigenvalue weighted by molar-refractivity contribution is 0.672. The van der Waals surface area contributed by atoms with Crippen molar-refractivity contribution >= 4 is 78.6 Å². The smallest absolute Gasteiger partial charge is 0.179 e. The predicted octanol–water partition coefficient (Wildman–Crippen LogP) is 13.9. The summed E-state index contributed by atoms with van der Waals surface area (Å²) in [5.41, 5.74) is 12.0. The monoisotopic (exact) mass is 883 g/mol. The van der Waals surface area contributed by atoms with Crippen LogP contribution in [0.4, 0.5) is 17.1 Å². The quantitative estimate of drug-likeness (QED) is 0.106. The van der Waals surface area contributed by atoms with Crippen LogP contribution in [0.3, 0.4) is 0 Å². The zero-order valence-corrected chi connectivity index (χ0v) is 38.3. The molecule has 0 N–H and O–H groups in total. The topological polar surface area (TPSA) is 16.4 Å². The van der Waals surface area contributed by atoms with Crippen LogP contribution in [-0.4, -0.2) is 8.07 Å². The van der Waals surface area contributed by atoms with Gasteiger partial charge in [-0.05, 0) is 85.0 Å². The maximum atomic E-state index is 6.72. The average Bonchev–Trinajstić information content (AvgIpc) is 3.96. The molecule has 12 aromatic rings. The molecule has 0 radical (unpaired) electrons. The van der Waals surface area contributed by atoms with E-state index in [1.807, 2.05) is 6.07 Å². The van der Waals surface area contributed by atoms with Crippen molar-refractivity contribution in [3.63, 3.8) is 0 Å². The standard InChI is InChI=1S/C65H45NOSi/c1-6-22-46(23-7-1)65(47-24-8-2-9-25-47)58-35-18-16-33-57(58)63-59(65)36-21-38-61(63)66(60-37-20-34-55-53(60)44-45-56-54-32-17-19-39-62(54)67-64(55)56)48-40-42-52(43-41-48)68(49-26-10-3-11-27-49,50-28-12-4-13-29-50)51-30-14-5-15-31-51/h1-45H. The summed E-state index contributed by atoms with van der Waals surface area (Å²) in [5.74, 6) is 0. The Labute approximate surface area is 397 Å². The second-order valence-electron chi connectivity index (χ2n) is 17.9. The Morgan fingerprint density at radius 2 is 0.779 bits per heavy atom. The molecule has 1 aliphatic carbocycles. The van der Waals surface area contributed by atoms with Crippen LogP contribution in [0.1, 0.15) is 22.3 Å². The number of fused-ring (bicyclic) bond motifs is 8. The molecule has 0 atom stereocenters. The molecular formula is C65H45NOSi. The van der Waals surface area contributed by atoms with Crippen LogP contribution in [0.5, 0.6) is 0 Å². The van der Waals surface area contributed by atoms with Crippen LogP contribution in [-0.2, 0) is 5.41 Å². The van der Waals surface area contributed by atoms with Crippen LogP contribution in [0, 0.1) is 0 Å². The molecule has 0 spiro atoms. The van der Waals surface area contributed by atoms with Crippen molar-refractivity contribution in [2.24, 2.45) is 0 Å². The van der Waals surface area contributed by atoms with Crippen LogP contribution in [0.25, 0.3) is 43.8 Å². The fourth-order valence-electron chi connectivity index (χ4n) is 11.7. The molecule has 1 aromatic heterocycles. The van der Waals surface area contributed by atoms with E-state index in [9.17, 15) is 0 Å². The summed E-state index contributed by atoms with van der Waals surface area (Å²) in [5, 5.41) is 9.81. The third-order valence-corrected chi connectivity index (χ3v) is 19.3. The fourth-order valence-corrected chi connectivity index (χ4v) is 16.5. The van der Waals surface area contributed by atoms with Gasteiger partial charge in [0.15, 0.2) is 8.07 Å². The van der Waals surface area contributed by atoms with E-state index in [2.05, 4.69) is 272 Å². The molecule has 13 rings (SSSR count). The van der Waals surface area contributed by atoms with Gasteiger partial charge in [0.2, 0.25) is 0 Å². The molecule has 0 bridgehead atoms. The average molecular weight is 884 g/mol. The summed E-state index contributed by atoms with van der Waals surface area (Å²) < 4.78 is 6.72. The van der Waals surface area contributed by atoms with E-state index in [-0.39, 0.29) is 0 Å². The minimum Gasteiger partial charge on any atom is -0.455 e. The number of nitrogens with zero attached hydrogens (tertiary/aromatic N) is 1. The van der Waals surface area contributed by atoms with Crippen molar-refractivity contribution < 1.29 is 4.42 Å². The first kappa shape index (κ1) is 39.8. The Bertz CT molecular complexity index is 3640. The van der Waals surface area contributed by atoms with E-state index in [0.29, 0.717) is 0 Å². The molecule has 0 fully saturated rings. The minimum atomic E-state index is -2.80. The van der Waals surface area contributed by atoms with Gasteiger partial charge in [-0.3, -0.25) is 0 Å². The lowest BCUT2D eigenvalue weighted by Gasteiger charge is -2.35. The fraction of sp³-hybridized carbons (Fsp3) is 0.0154. The Hall–Kier alpha value is -8.50. The summed E-state index contributed by atoms with van der Waals surface area (Å²) in [6, 6.07) is 101. The van der Waals surface area contributed by atoms with Crippen molar-refractivity contribution in [2.75, 3.05) is 4.90 Å². The van der Waals surface area contributed by atoms with E-state index in [1.165, 1.54) is 54.1 Å². The van der Waals surface area contributed by atoms with Gasteiger partial charge >= 0.3 is 0 Å². The first-order chi connectivity index (χ1) is 33.8. The molecule has 68 heavy (non-hydrogen) atoms. The van der Waals surface area contributed by atoms with Crippen LogP contribution in [0.2, 0.25) is 0 Å². The molecule has 2 nitrogen and oxygen atoms in total. The van der Waals surface area contributed by atoms with E-state index >= 15 is 0 Å². The summed E-state index contributed by atoms with van der Waals surface area (Å²) in [6.45, 7) is 0. The molecule has 0 unspecified atom stereocenters. The summed E-state index contributed by atoms with van der Waals surface area (Å²) in [4.78, 5) is 2.51. The number of hydrogen-bond donors (Lipinski definition) is 0. The van der Waals surface area contributed by atoms with Gasteiger partial charge in [-0.1, -0.05) is 237 Å². The molecule has 1 aliphatic rings. The van der Waals surface area contributed by atoms with Gasteiger partial charge in [0.05, 0.1) is 16.8 Å². The van der Waals surface area contributed by atoms with Gasteiger partial charge < -0.3 is 9.32 Å². The zero-order chi connectivity index (χ0) is 45.1. The van der Waals surface area contributed by atoms with E-state index in [0.717, 1.165) is 49.8 Å². The molecule has 0 saturated carbocycles. The number of rotatable bonds is 9. The molecule has 0 aliphatic heterocycles. The maximum Gasteiger partial charge on any atom is 0.179 e. The van der Waals surface area contributed by atoms with Gasteiger partial charge in [-0.15, -0.1) is 0 Å². The Kier molecular flexibility index (Phi) is 9.45. The third-order valence-electron chi connectivity index (χ3n) is 14.5. The van der Waals surface area contributed by atoms with Gasteiger partial charge in [-0.25, -0.2) is 0 Å². The Morgan fingerprint density at radius 3 is 1.41 bits per heavy atom. The normalized spacial score (nSPS) is 12.8. The highest BCUT2D eigenvalue weighted by Crippen LogP contribution is 2.59. The minimum absolute atomic E-state index is 0.550. The van der Waals surface area contributed by atoms with Gasteiger partial charge in [0, 0.05) is 32.8 Å². The SMILES string of the molecule is c1ccc(C2(c3ccccc3)c3ccccc3-c3c(N(c4ccc([Si](c5ccccc5)(c5ccccc5)c5ccccc5)cc4)c4cccc5c4ccc4c6ccccc6oc54)cccc32)cc1. The van der Waals surface area contributed by atoms with Crippen LogP contribution in [0.15, 0.2) is 277 Å². The highest BCUT2D eigenvalue weighted by Gasteiger charge is 2.47. The summed E-state index contributed by atoms with van der Waals surface area (Å²) in [6.07, 6.45) is 0. The van der Waals surface area contributed by atoms with E-state index < -0.39 is 13.5 Å². The third kappa shape index (κ3) is 5.89. The Balaban J connectivity index is 1.10. The van der Waals surface area contributed by atoms with Crippen LogP contribution < -0.4 is 25.6 Å². The highest BCUT2D eigenvalue weighted by atomic mass is 28.3. The molecule has 1 heterocycles. The number of anilines is 3. The van der Waals surface area contributed by atoms with Crippen LogP contribution >= 0.6 is 0 Å². The van der Waals surface area contributed by atoms with E-state index in [1.54, 1.807) is 0 Å². The number of para-hydroxylation sites is 1. The second-order valence-corrected chi connectivity index (χ2v) is 21.7. The van der Waals surface area contributed by atoms with Crippen molar-refractivity contribution in [1.29, 1.82) is 0 Å². The number of benzene rings is 11. The zero-order valence-electron chi connectivity index (χ0n) is 37.3. The molecule has 0 saturated heterocycles. The van der Waals surface area contributed by atoms with Gasteiger partial charge in [0.25, 0.3) is 0 Å². The summed E-state index contributed by atoms with van der Waals surface area (Å²) >= 11 is 0. The molecule has 0 amide bonds. The lowest BCUT2D eigenvalue weighted by atomic mass is 9.68. The molecule has 11 aromatic carbocycles. The van der Waals surface area contributed by atoms with Crippen molar-refractivity contribution in [1.82, 2.24) is 0 Å². The molecule has 3 heteroatoms. The maximum absolute atomic E-state index is 6.72. The highest BCUT2D eigenvalue weighted by molar-refractivity contribution is 7.19. The first-order valence-electron chi connectivity index (χ1n) is 23.5. The first-order valence-corrected chi connectivity index (χ1v) is 25.5. The van der Waals surface area contributed by atoms with Crippen molar-refractivity contribution in [3.8, 4) is 11.1 Å². The van der Waals surface area contributed by atoms with Gasteiger partial charge in [-0.2, -0.15) is 0 Å². The Morgan fingerprint density at radius 1 is 0.324 bits per heavy atom. The van der Waals surface area contributed by atoms with Crippen molar-refractivity contribution in [3.05, 3.63) is 295 Å². The van der Waals surface area contributed by atoms with Crippen molar-refractivity contribution in [2.45, 2.75) is 5.41 Å². The predicted molar refractivity (Wildman–Crippen MR) is 287 cm³/mol.